The van der Waals surface area contributed by atoms with Crippen LogP contribution in [0.4, 0.5) is 11.4 Å². The van der Waals surface area contributed by atoms with Crippen molar-refractivity contribution >= 4 is 38.1 Å². The van der Waals surface area contributed by atoms with Crippen LogP contribution >= 0.6 is 0 Å². The molecular formula is C23H25N3O3S. The number of nitrogens with one attached hydrogen (secondary N) is 2. The molecule has 1 fully saturated rings. The molecule has 0 radical (unpaired) electrons. The van der Waals surface area contributed by atoms with E-state index in [-0.39, 0.29) is 17.3 Å². The van der Waals surface area contributed by atoms with Gasteiger partial charge in [-0.3, -0.25) is 4.79 Å². The molecule has 1 aliphatic rings. The number of sulfonamides is 1. The highest BCUT2D eigenvalue weighted by Crippen LogP contribution is 2.23. The van der Waals surface area contributed by atoms with Gasteiger partial charge in [0.2, 0.25) is 15.9 Å². The molecule has 6 nitrogen and oxygen atoms in total. The van der Waals surface area contributed by atoms with E-state index in [1.807, 2.05) is 42.5 Å². The van der Waals surface area contributed by atoms with Crippen LogP contribution in [0.1, 0.15) is 19.3 Å². The van der Waals surface area contributed by atoms with Crippen LogP contribution in [0.25, 0.3) is 10.8 Å². The zero-order valence-corrected chi connectivity index (χ0v) is 17.5. The zero-order chi connectivity index (χ0) is 21.0. The Bertz CT molecular complexity index is 1130. The maximum absolute atomic E-state index is 12.7. The standard InChI is InChI=1S/C23H25N3O3S/c27-23(17-24-22-10-6-8-18-7-2-3-9-21(18)22)25-19-11-13-20(14-12-19)30(28,29)26-15-4-1-5-16-26/h2-3,6-14,24H,1,4-5,15-17H2,(H,25,27). The minimum absolute atomic E-state index is 0.113. The number of anilines is 2. The number of carbonyl (C=O) groups is 1. The number of benzene rings is 3. The summed E-state index contributed by atoms with van der Waals surface area (Å²) in [4.78, 5) is 12.6. The van der Waals surface area contributed by atoms with Gasteiger partial charge in [0, 0.05) is 29.9 Å². The van der Waals surface area contributed by atoms with Crippen molar-refractivity contribution in [3.8, 4) is 0 Å². The highest BCUT2D eigenvalue weighted by molar-refractivity contribution is 7.89. The minimum atomic E-state index is -3.47. The van der Waals surface area contributed by atoms with Crippen molar-refractivity contribution in [3.05, 3.63) is 66.7 Å². The van der Waals surface area contributed by atoms with Gasteiger partial charge in [-0.25, -0.2) is 8.42 Å². The fraction of sp³-hybridized carbons (Fsp3) is 0.261. The number of amides is 1. The summed E-state index contributed by atoms with van der Waals surface area (Å²) in [5, 5.41) is 8.14. The van der Waals surface area contributed by atoms with Crippen molar-refractivity contribution in [1.82, 2.24) is 4.31 Å². The third-order valence-electron chi connectivity index (χ3n) is 5.32. The minimum Gasteiger partial charge on any atom is -0.376 e. The fourth-order valence-corrected chi connectivity index (χ4v) is 5.24. The van der Waals surface area contributed by atoms with Gasteiger partial charge < -0.3 is 10.6 Å². The number of rotatable bonds is 6. The summed E-state index contributed by atoms with van der Waals surface area (Å²) in [5.41, 5.74) is 1.46. The molecule has 1 aliphatic heterocycles. The molecule has 4 rings (SSSR count). The van der Waals surface area contributed by atoms with Crippen molar-refractivity contribution in [1.29, 1.82) is 0 Å². The van der Waals surface area contributed by atoms with Crippen LogP contribution in [-0.2, 0) is 14.8 Å². The van der Waals surface area contributed by atoms with Crippen molar-refractivity contribution in [2.45, 2.75) is 24.2 Å². The molecule has 0 spiro atoms. The van der Waals surface area contributed by atoms with Gasteiger partial charge in [-0.05, 0) is 48.6 Å². The van der Waals surface area contributed by atoms with E-state index < -0.39 is 10.0 Å². The van der Waals surface area contributed by atoms with Crippen LogP contribution < -0.4 is 10.6 Å². The number of hydrogen-bond donors (Lipinski definition) is 2. The molecule has 0 aliphatic carbocycles. The summed E-state index contributed by atoms with van der Waals surface area (Å²) in [7, 11) is -3.47. The smallest absolute Gasteiger partial charge is 0.243 e. The van der Waals surface area contributed by atoms with Gasteiger partial charge in [0.15, 0.2) is 0 Å². The first-order chi connectivity index (χ1) is 14.5. The van der Waals surface area contributed by atoms with E-state index in [2.05, 4.69) is 10.6 Å². The van der Waals surface area contributed by atoms with E-state index >= 15 is 0 Å². The second-order valence-electron chi connectivity index (χ2n) is 7.42. The molecule has 2 N–H and O–H groups in total. The van der Waals surface area contributed by atoms with Crippen LogP contribution in [0.3, 0.4) is 0 Å². The maximum Gasteiger partial charge on any atom is 0.243 e. The van der Waals surface area contributed by atoms with Gasteiger partial charge in [0.25, 0.3) is 0 Å². The summed E-state index contributed by atoms with van der Waals surface area (Å²) < 4.78 is 27.0. The highest BCUT2D eigenvalue weighted by Gasteiger charge is 2.25. The number of hydrogen-bond acceptors (Lipinski definition) is 4. The Kier molecular flexibility index (Phi) is 6.01. The number of carbonyl (C=O) groups excluding carboxylic acids is 1. The summed E-state index contributed by atoms with van der Waals surface area (Å²) in [5.74, 6) is -0.199. The van der Waals surface area contributed by atoms with Gasteiger partial charge in [-0.2, -0.15) is 4.31 Å². The predicted octanol–water partition coefficient (Wildman–Crippen LogP) is 4.07. The average Bonchev–Trinajstić information content (AvgIpc) is 2.78. The Labute approximate surface area is 177 Å². The topological polar surface area (TPSA) is 78.5 Å². The Morgan fingerprint density at radius 3 is 2.33 bits per heavy atom. The molecule has 1 heterocycles. The lowest BCUT2D eigenvalue weighted by Gasteiger charge is -2.25. The fourth-order valence-electron chi connectivity index (χ4n) is 3.72. The van der Waals surface area contributed by atoms with E-state index in [1.54, 1.807) is 24.3 Å². The van der Waals surface area contributed by atoms with E-state index in [9.17, 15) is 13.2 Å². The van der Waals surface area contributed by atoms with Gasteiger partial charge in [0.05, 0.1) is 11.4 Å². The first kappa shape index (κ1) is 20.4. The molecule has 30 heavy (non-hydrogen) atoms. The van der Waals surface area contributed by atoms with Crippen LogP contribution in [-0.4, -0.2) is 38.3 Å². The van der Waals surface area contributed by atoms with Gasteiger partial charge >= 0.3 is 0 Å². The Hall–Kier alpha value is -2.90. The lowest BCUT2D eigenvalue weighted by molar-refractivity contribution is -0.114. The van der Waals surface area contributed by atoms with Crippen LogP contribution in [0.15, 0.2) is 71.6 Å². The lowest BCUT2D eigenvalue weighted by Crippen LogP contribution is -2.35. The van der Waals surface area contributed by atoms with Gasteiger partial charge in [-0.1, -0.05) is 42.8 Å². The maximum atomic E-state index is 12.7. The zero-order valence-electron chi connectivity index (χ0n) is 16.7. The van der Waals surface area contributed by atoms with Crippen molar-refractivity contribution < 1.29 is 13.2 Å². The van der Waals surface area contributed by atoms with Crippen LogP contribution in [0.5, 0.6) is 0 Å². The molecular weight excluding hydrogens is 398 g/mol. The lowest BCUT2D eigenvalue weighted by atomic mass is 10.1. The molecule has 3 aromatic carbocycles. The average molecular weight is 424 g/mol. The Balaban J connectivity index is 1.38. The van der Waals surface area contributed by atoms with Crippen LogP contribution in [0, 0.1) is 0 Å². The second-order valence-corrected chi connectivity index (χ2v) is 9.36. The van der Waals surface area contributed by atoms with E-state index in [1.165, 1.54) is 4.31 Å². The van der Waals surface area contributed by atoms with Crippen LogP contribution in [0.2, 0.25) is 0 Å². The quantitative estimate of drug-likeness (QED) is 0.627. The Morgan fingerprint density at radius 1 is 0.867 bits per heavy atom. The first-order valence-electron chi connectivity index (χ1n) is 10.2. The SMILES string of the molecule is O=C(CNc1cccc2ccccc12)Nc1ccc(S(=O)(=O)N2CCCCC2)cc1. The molecule has 0 atom stereocenters. The molecule has 156 valence electrons. The molecule has 3 aromatic rings. The highest BCUT2D eigenvalue weighted by atomic mass is 32.2. The summed E-state index contributed by atoms with van der Waals surface area (Å²) in [6, 6.07) is 20.3. The molecule has 0 saturated carbocycles. The predicted molar refractivity (Wildman–Crippen MR) is 120 cm³/mol. The second kappa shape index (κ2) is 8.85. The monoisotopic (exact) mass is 423 g/mol. The summed E-state index contributed by atoms with van der Waals surface area (Å²) >= 11 is 0. The number of nitrogens with zero attached hydrogens (tertiary/aromatic N) is 1. The van der Waals surface area contributed by atoms with Crippen molar-refractivity contribution in [3.63, 3.8) is 0 Å². The molecule has 0 aromatic heterocycles. The summed E-state index contributed by atoms with van der Waals surface area (Å²) in [6.45, 7) is 1.25. The molecule has 7 heteroatoms. The number of piperidine rings is 1. The third kappa shape index (κ3) is 4.47. The number of fused-ring (bicyclic) bond motifs is 1. The molecule has 1 amide bonds. The van der Waals surface area contributed by atoms with Gasteiger partial charge in [-0.15, -0.1) is 0 Å². The molecule has 1 saturated heterocycles. The third-order valence-corrected chi connectivity index (χ3v) is 7.23. The summed E-state index contributed by atoms with van der Waals surface area (Å²) in [6.07, 6.45) is 2.87. The molecule has 0 bridgehead atoms. The molecule has 0 unspecified atom stereocenters. The largest absolute Gasteiger partial charge is 0.376 e. The van der Waals surface area contributed by atoms with Gasteiger partial charge in [0.1, 0.15) is 0 Å². The van der Waals surface area contributed by atoms with Crippen molar-refractivity contribution in [2.24, 2.45) is 0 Å². The van der Waals surface area contributed by atoms with E-state index in [0.717, 1.165) is 35.7 Å². The van der Waals surface area contributed by atoms with E-state index in [4.69, 9.17) is 0 Å². The van der Waals surface area contributed by atoms with Crippen molar-refractivity contribution in [2.75, 3.05) is 30.3 Å². The normalized spacial score (nSPS) is 15.1. The Morgan fingerprint density at radius 2 is 1.57 bits per heavy atom. The first-order valence-corrected chi connectivity index (χ1v) is 11.6. The van der Waals surface area contributed by atoms with E-state index in [0.29, 0.717) is 18.8 Å².